The number of nitrogens with zero attached hydrogens (tertiary/aromatic N) is 3. The number of hydrogen-bond donors (Lipinski definition) is 1. The molecule has 2 aromatic rings. The molecule has 0 amide bonds. The minimum atomic E-state index is -0.721. The third-order valence-electron chi connectivity index (χ3n) is 4.07. The molecule has 1 fully saturated rings. The Morgan fingerprint density at radius 3 is 3.10 bits per heavy atom. The highest BCUT2D eigenvalue weighted by atomic mass is 16.4. The van der Waals surface area contributed by atoms with Crippen LogP contribution in [0.25, 0.3) is 5.65 Å². The molecule has 0 saturated carbocycles. The van der Waals surface area contributed by atoms with Gasteiger partial charge in [-0.25, -0.2) is 4.98 Å². The molecule has 1 aliphatic heterocycles. The Balaban J connectivity index is 1.83. The summed E-state index contributed by atoms with van der Waals surface area (Å²) in [5, 5.41) is 9.43. The first-order valence-corrected chi connectivity index (χ1v) is 7.04. The van der Waals surface area contributed by atoms with Crippen molar-refractivity contribution < 1.29 is 9.90 Å². The second kappa shape index (κ2) is 5.25. The summed E-state index contributed by atoms with van der Waals surface area (Å²) in [5.74, 6) is -0.528. The molecule has 2 atom stereocenters. The molecule has 2 unspecified atom stereocenters. The van der Waals surface area contributed by atoms with Gasteiger partial charge in [0.2, 0.25) is 0 Å². The Morgan fingerprint density at radius 2 is 2.35 bits per heavy atom. The topological polar surface area (TPSA) is 57.8 Å². The van der Waals surface area contributed by atoms with Crippen LogP contribution in [0.3, 0.4) is 0 Å². The minimum Gasteiger partial charge on any atom is -0.480 e. The zero-order chi connectivity index (χ0) is 14.1. The number of imidazole rings is 1. The van der Waals surface area contributed by atoms with Gasteiger partial charge in [0.15, 0.2) is 0 Å². The van der Waals surface area contributed by atoms with Crippen molar-refractivity contribution in [3.8, 4) is 0 Å². The van der Waals surface area contributed by atoms with Crippen molar-refractivity contribution in [1.29, 1.82) is 0 Å². The van der Waals surface area contributed by atoms with Crippen molar-refractivity contribution >= 4 is 11.6 Å². The number of aromatic nitrogens is 2. The van der Waals surface area contributed by atoms with Crippen LogP contribution in [-0.4, -0.2) is 37.9 Å². The maximum absolute atomic E-state index is 11.5. The SMILES string of the molecule is CC1CCCN(Cc2cn3ccccc3n2)C1C(=O)O. The summed E-state index contributed by atoms with van der Waals surface area (Å²) in [6.45, 7) is 3.45. The Morgan fingerprint density at radius 1 is 1.50 bits per heavy atom. The Labute approximate surface area is 117 Å². The lowest BCUT2D eigenvalue weighted by Crippen LogP contribution is -2.48. The quantitative estimate of drug-likeness (QED) is 0.929. The lowest BCUT2D eigenvalue weighted by Gasteiger charge is -2.36. The third kappa shape index (κ3) is 2.41. The summed E-state index contributed by atoms with van der Waals surface area (Å²) in [5.41, 5.74) is 1.83. The number of fused-ring (bicyclic) bond motifs is 1. The molecule has 1 N–H and O–H groups in total. The molecule has 0 aliphatic carbocycles. The number of pyridine rings is 1. The lowest BCUT2D eigenvalue weighted by atomic mass is 9.91. The maximum Gasteiger partial charge on any atom is 0.321 e. The van der Waals surface area contributed by atoms with E-state index in [0.29, 0.717) is 6.54 Å². The highest BCUT2D eigenvalue weighted by Gasteiger charge is 2.34. The second-order valence-electron chi connectivity index (χ2n) is 5.57. The van der Waals surface area contributed by atoms with Gasteiger partial charge in [-0.2, -0.15) is 0 Å². The molecule has 1 saturated heterocycles. The van der Waals surface area contributed by atoms with Gasteiger partial charge in [0.25, 0.3) is 0 Å². The summed E-state index contributed by atoms with van der Waals surface area (Å²) >= 11 is 0. The molecule has 0 spiro atoms. The van der Waals surface area contributed by atoms with Gasteiger partial charge in [-0.15, -0.1) is 0 Å². The number of hydrogen-bond acceptors (Lipinski definition) is 3. The van der Waals surface area contributed by atoms with Crippen molar-refractivity contribution in [3.63, 3.8) is 0 Å². The standard InChI is InChI=1S/C15H19N3O2/c1-11-5-4-8-18(14(11)15(19)20)10-12-9-17-7-3-2-6-13(17)16-12/h2-3,6-7,9,11,14H,4-5,8,10H2,1H3,(H,19,20). The van der Waals surface area contributed by atoms with Crippen LogP contribution >= 0.6 is 0 Å². The van der Waals surface area contributed by atoms with E-state index < -0.39 is 12.0 Å². The summed E-state index contributed by atoms with van der Waals surface area (Å²) in [7, 11) is 0. The fourth-order valence-electron chi connectivity index (χ4n) is 3.12. The monoisotopic (exact) mass is 273 g/mol. The van der Waals surface area contributed by atoms with Crippen molar-refractivity contribution in [1.82, 2.24) is 14.3 Å². The molecule has 106 valence electrons. The molecule has 20 heavy (non-hydrogen) atoms. The largest absolute Gasteiger partial charge is 0.480 e. The van der Waals surface area contributed by atoms with E-state index in [-0.39, 0.29) is 5.92 Å². The summed E-state index contributed by atoms with van der Waals surface area (Å²) in [6.07, 6.45) is 5.98. The van der Waals surface area contributed by atoms with Gasteiger partial charge in [0.05, 0.1) is 5.69 Å². The zero-order valence-corrected chi connectivity index (χ0v) is 11.6. The molecule has 2 aromatic heterocycles. The Hall–Kier alpha value is -1.88. The minimum absolute atomic E-state index is 0.193. The number of carbonyl (C=O) groups is 1. The van der Waals surface area contributed by atoms with Crippen LogP contribution in [0, 0.1) is 5.92 Å². The van der Waals surface area contributed by atoms with E-state index in [1.165, 1.54) is 0 Å². The van der Waals surface area contributed by atoms with Crippen LogP contribution < -0.4 is 0 Å². The fourth-order valence-corrected chi connectivity index (χ4v) is 3.12. The second-order valence-corrected chi connectivity index (χ2v) is 5.57. The number of aliphatic carboxylic acids is 1. The Bertz CT molecular complexity index is 589. The summed E-state index contributed by atoms with van der Waals surface area (Å²) < 4.78 is 1.97. The highest BCUT2D eigenvalue weighted by molar-refractivity contribution is 5.74. The van der Waals surface area contributed by atoms with E-state index in [1.807, 2.05) is 46.8 Å². The van der Waals surface area contributed by atoms with E-state index >= 15 is 0 Å². The van der Waals surface area contributed by atoms with Gasteiger partial charge in [-0.1, -0.05) is 13.0 Å². The first kappa shape index (κ1) is 13.1. The zero-order valence-electron chi connectivity index (χ0n) is 11.6. The van der Waals surface area contributed by atoms with Crippen molar-refractivity contribution in [2.24, 2.45) is 5.92 Å². The highest BCUT2D eigenvalue weighted by Crippen LogP contribution is 2.25. The maximum atomic E-state index is 11.5. The van der Waals surface area contributed by atoms with Crippen molar-refractivity contribution in [2.75, 3.05) is 6.54 Å². The molecule has 3 rings (SSSR count). The molecule has 5 heteroatoms. The van der Waals surface area contributed by atoms with Crippen LogP contribution in [0.2, 0.25) is 0 Å². The van der Waals surface area contributed by atoms with Crippen LogP contribution in [0.1, 0.15) is 25.5 Å². The molecule has 0 aromatic carbocycles. The van der Waals surface area contributed by atoms with Crippen molar-refractivity contribution in [2.45, 2.75) is 32.4 Å². The fraction of sp³-hybridized carbons (Fsp3) is 0.467. The molecule has 0 radical (unpaired) electrons. The van der Waals surface area contributed by atoms with Crippen LogP contribution in [-0.2, 0) is 11.3 Å². The Kier molecular flexibility index (Phi) is 3.44. The first-order valence-electron chi connectivity index (χ1n) is 7.04. The van der Waals surface area contributed by atoms with Crippen LogP contribution in [0.4, 0.5) is 0 Å². The van der Waals surface area contributed by atoms with E-state index in [2.05, 4.69) is 4.98 Å². The van der Waals surface area contributed by atoms with Crippen LogP contribution in [0.5, 0.6) is 0 Å². The molecule has 1 aliphatic rings. The smallest absolute Gasteiger partial charge is 0.321 e. The van der Waals surface area contributed by atoms with Gasteiger partial charge in [-0.3, -0.25) is 9.69 Å². The number of carboxylic acid groups (broad SMARTS) is 1. The predicted molar refractivity (Wildman–Crippen MR) is 75.4 cm³/mol. The lowest BCUT2D eigenvalue weighted by molar-refractivity contribution is -0.147. The van der Waals surface area contributed by atoms with Gasteiger partial charge in [0, 0.05) is 18.9 Å². The molecule has 5 nitrogen and oxygen atoms in total. The molecular weight excluding hydrogens is 254 g/mol. The first-order chi connectivity index (χ1) is 9.65. The summed E-state index contributed by atoms with van der Waals surface area (Å²) in [4.78, 5) is 18.1. The van der Waals surface area contributed by atoms with E-state index in [9.17, 15) is 9.90 Å². The number of piperidine rings is 1. The third-order valence-corrected chi connectivity index (χ3v) is 4.07. The predicted octanol–water partition coefficient (Wildman–Crippen LogP) is 2.02. The van der Waals surface area contributed by atoms with Gasteiger partial charge in [-0.05, 0) is 37.4 Å². The van der Waals surface area contributed by atoms with E-state index in [0.717, 1.165) is 30.7 Å². The van der Waals surface area contributed by atoms with E-state index in [1.54, 1.807) is 0 Å². The molecule has 0 bridgehead atoms. The summed E-state index contributed by atoms with van der Waals surface area (Å²) in [6, 6.07) is 5.47. The van der Waals surface area contributed by atoms with E-state index in [4.69, 9.17) is 0 Å². The number of likely N-dealkylation sites (tertiary alicyclic amines) is 1. The van der Waals surface area contributed by atoms with Gasteiger partial charge < -0.3 is 9.51 Å². The average molecular weight is 273 g/mol. The van der Waals surface area contributed by atoms with Gasteiger partial charge >= 0.3 is 5.97 Å². The van der Waals surface area contributed by atoms with Crippen molar-refractivity contribution in [3.05, 3.63) is 36.3 Å². The normalized spacial score (nSPS) is 24.1. The molecular formula is C15H19N3O2. The average Bonchev–Trinajstić information content (AvgIpc) is 2.80. The number of rotatable bonds is 3. The molecule has 3 heterocycles. The van der Waals surface area contributed by atoms with Crippen LogP contribution in [0.15, 0.2) is 30.6 Å². The number of carboxylic acids is 1. The van der Waals surface area contributed by atoms with Gasteiger partial charge in [0.1, 0.15) is 11.7 Å².